The molecule has 3 aromatic rings. The van der Waals surface area contributed by atoms with Gasteiger partial charge in [0.25, 0.3) is 5.91 Å². The van der Waals surface area contributed by atoms with Gasteiger partial charge in [-0.05, 0) is 30.4 Å². The molecule has 204 valence electrons. The van der Waals surface area contributed by atoms with Crippen LogP contribution in [0.5, 0.6) is 0 Å². The van der Waals surface area contributed by atoms with Gasteiger partial charge in [-0.2, -0.15) is 0 Å². The van der Waals surface area contributed by atoms with Gasteiger partial charge in [-0.25, -0.2) is 4.98 Å². The van der Waals surface area contributed by atoms with Crippen molar-refractivity contribution in [3.8, 4) is 22.5 Å². The number of likely N-dealkylation sites (tertiary alicyclic amines) is 1. The largest absolute Gasteiger partial charge is 0.343 e. The van der Waals surface area contributed by atoms with E-state index < -0.39 is 0 Å². The molecule has 2 amide bonds. The van der Waals surface area contributed by atoms with E-state index in [1.165, 1.54) is 0 Å². The fraction of sp³-hybridized carbons (Fsp3) is 0.424. The summed E-state index contributed by atoms with van der Waals surface area (Å²) in [5.41, 5.74) is 4.33. The number of aromatic nitrogens is 1. The van der Waals surface area contributed by atoms with Gasteiger partial charge in [-0.3, -0.25) is 14.5 Å². The first kappa shape index (κ1) is 27.1. The number of hydrogen-bond donors (Lipinski definition) is 0. The van der Waals surface area contributed by atoms with Gasteiger partial charge in [0.1, 0.15) is 0 Å². The SMILES string of the molecule is CC(C)(C)CC(=O)N1CCC(N2CCN(C(=O)c3cc(-c4ccccc4)nc(-c4ccccc4)c3)CC2)CC1. The maximum atomic E-state index is 13.7. The van der Waals surface area contributed by atoms with Crippen molar-refractivity contribution in [1.82, 2.24) is 19.7 Å². The van der Waals surface area contributed by atoms with Crippen molar-refractivity contribution in [2.75, 3.05) is 39.3 Å². The van der Waals surface area contributed by atoms with Gasteiger partial charge >= 0.3 is 0 Å². The molecule has 0 saturated carbocycles. The molecule has 3 heterocycles. The molecule has 0 spiro atoms. The van der Waals surface area contributed by atoms with Gasteiger partial charge in [0.05, 0.1) is 11.4 Å². The Labute approximate surface area is 232 Å². The lowest BCUT2D eigenvalue weighted by atomic mass is 9.91. The van der Waals surface area contributed by atoms with Crippen LogP contribution >= 0.6 is 0 Å². The van der Waals surface area contributed by atoms with E-state index in [2.05, 4.69) is 25.7 Å². The number of amides is 2. The zero-order valence-corrected chi connectivity index (χ0v) is 23.5. The lowest BCUT2D eigenvalue weighted by Crippen LogP contribution is -2.54. The Morgan fingerprint density at radius 3 is 1.74 bits per heavy atom. The van der Waals surface area contributed by atoms with E-state index in [-0.39, 0.29) is 17.2 Å². The average molecular weight is 525 g/mol. The predicted molar refractivity (Wildman–Crippen MR) is 156 cm³/mol. The minimum atomic E-state index is 0.0231. The van der Waals surface area contributed by atoms with Crippen LogP contribution in [-0.2, 0) is 4.79 Å². The van der Waals surface area contributed by atoms with Gasteiger partial charge < -0.3 is 9.80 Å². The molecule has 0 unspecified atom stereocenters. The minimum Gasteiger partial charge on any atom is -0.343 e. The minimum absolute atomic E-state index is 0.0231. The number of pyridine rings is 1. The zero-order chi connectivity index (χ0) is 27.4. The third-order valence-corrected chi connectivity index (χ3v) is 7.83. The van der Waals surface area contributed by atoms with Crippen LogP contribution in [0.15, 0.2) is 72.8 Å². The van der Waals surface area contributed by atoms with Crippen LogP contribution < -0.4 is 0 Å². The summed E-state index contributed by atoms with van der Waals surface area (Å²) >= 11 is 0. The van der Waals surface area contributed by atoms with Crippen molar-refractivity contribution in [3.05, 3.63) is 78.4 Å². The number of nitrogens with zero attached hydrogens (tertiary/aromatic N) is 4. The van der Waals surface area contributed by atoms with E-state index in [0.29, 0.717) is 31.1 Å². The van der Waals surface area contributed by atoms with Gasteiger partial charge in [-0.15, -0.1) is 0 Å². The number of rotatable bonds is 5. The van der Waals surface area contributed by atoms with Crippen LogP contribution in [0.1, 0.15) is 50.4 Å². The number of hydrogen-bond acceptors (Lipinski definition) is 4. The third-order valence-electron chi connectivity index (χ3n) is 7.83. The summed E-state index contributed by atoms with van der Waals surface area (Å²) in [6.07, 6.45) is 2.62. The van der Waals surface area contributed by atoms with Crippen LogP contribution in [0.4, 0.5) is 0 Å². The number of carbonyl (C=O) groups excluding carboxylic acids is 2. The highest BCUT2D eigenvalue weighted by molar-refractivity contribution is 5.96. The zero-order valence-electron chi connectivity index (χ0n) is 23.5. The van der Waals surface area contributed by atoms with Crippen LogP contribution in [0.2, 0.25) is 0 Å². The molecule has 0 bridgehead atoms. The summed E-state index contributed by atoms with van der Waals surface area (Å²) in [6.45, 7) is 11.2. The standard InChI is InChI=1S/C33H40N4O2/c1-33(2,3)24-31(38)36-16-14-28(15-17-36)35-18-20-37(21-19-35)32(39)27-22-29(25-10-6-4-7-11-25)34-30(23-27)26-12-8-5-9-13-26/h4-13,22-23,28H,14-21,24H2,1-3H3. The van der Waals surface area contributed by atoms with Crippen molar-refractivity contribution >= 4 is 11.8 Å². The Balaban J connectivity index is 1.24. The van der Waals surface area contributed by atoms with Crippen molar-refractivity contribution in [1.29, 1.82) is 0 Å². The fourth-order valence-corrected chi connectivity index (χ4v) is 5.69. The van der Waals surface area contributed by atoms with Crippen molar-refractivity contribution in [2.45, 2.75) is 46.1 Å². The summed E-state index contributed by atoms with van der Waals surface area (Å²) in [7, 11) is 0. The van der Waals surface area contributed by atoms with Crippen molar-refractivity contribution < 1.29 is 9.59 Å². The highest BCUT2D eigenvalue weighted by Crippen LogP contribution is 2.27. The normalized spacial score (nSPS) is 17.3. The molecule has 6 nitrogen and oxygen atoms in total. The van der Waals surface area contributed by atoms with Crippen LogP contribution in [0.3, 0.4) is 0 Å². The second kappa shape index (κ2) is 11.7. The van der Waals surface area contributed by atoms with Crippen molar-refractivity contribution in [3.63, 3.8) is 0 Å². The summed E-state index contributed by atoms with van der Waals surface area (Å²) in [5, 5.41) is 0. The number of carbonyl (C=O) groups is 2. The maximum absolute atomic E-state index is 13.7. The van der Waals surface area contributed by atoms with Crippen molar-refractivity contribution in [2.24, 2.45) is 5.41 Å². The van der Waals surface area contributed by atoms with Crippen LogP contribution in [0, 0.1) is 5.41 Å². The summed E-state index contributed by atoms with van der Waals surface area (Å²) in [4.78, 5) is 37.8. The van der Waals surface area contributed by atoms with E-state index >= 15 is 0 Å². The first-order valence-corrected chi connectivity index (χ1v) is 14.2. The molecule has 39 heavy (non-hydrogen) atoms. The van der Waals surface area contributed by atoms with E-state index in [1.807, 2.05) is 82.6 Å². The van der Waals surface area contributed by atoms with E-state index in [0.717, 1.165) is 61.5 Å². The Hall–Kier alpha value is -3.51. The Bertz CT molecular complexity index is 1210. The molecular formula is C33H40N4O2. The average Bonchev–Trinajstić information content (AvgIpc) is 2.97. The molecule has 6 heteroatoms. The molecule has 2 aromatic carbocycles. The highest BCUT2D eigenvalue weighted by atomic mass is 16.2. The van der Waals surface area contributed by atoms with Crippen LogP contribution in [0.25, 0.3) is 22.5 Å². The first-order valence-electron chi connectivity index (χ1n) is 14.2. The Morgan fingerprint density at radius 2 is 1.26 bits per heavy atom. The Morgan fingerprint density at radius 1 is 0.744 bits per heavy atom. The molecule has 5 rings (SSSR count). The third kappa shape index (κ3) is 6.74. The maximum Gasteiger partial charge on any atom is 0.254 e. The predicted octanol–water partition coefficient (Wildman–Crippen LogP) is 5.60. The fourth-order valence-electron chi connectivity index (χ4n) is 5.69. The van der Waals surface area contributed by atoms with E-state index in [9.17, 15) is 9.59 Å². The highest BCUT2D eigenvalue weighted by Gasteiger charge is 2.31. The molecule has 1 aromatic heterocycles. The van der Waals surface area contributed by atoms with Gasteiger partial charge in [0.15, 0.2) is 0 Å². The summed E-state index contributed by atoms with van der Waals surface area (Å²) in [5.74, 6) is 0.340. The number of benzene rings is 2. The monoisotopic (exact) mass is 524 g/mol. The molecule has 0 radical (unpaired) electrons. The molecule has 2 aliphatic rings. The lowest BCUT2D eigenvalue weighted by molar-refractivity contribution is -0.134. The smallest absolute Gasteiger partial charge is 0.254 e. The number of piperidine rings is 1. The second-order valence-electron chi connectivity index (χ2n) is 12.0. The molecule has 0 atom stereocenters. The molecule has 0 aliphatic carbocycles. The lowest BCUT2D eigenvalue weighted by Gasteiger charge is -2.43. The van der Waals surface area contributed by atoms with Gasteiger partial charge in [0.2, 0.25) is 5.91 Å². The molecule has 2 aliphatic heterocycles. The van der Waals surface area contributed by atoms with Crippen LogP contribution in [-0.4, -0.2) is 76.8 Å². The number of piperazine rings is 1. The van der Waals surface area contributed by atoms with Gasteiger partial charge in [-0.1, -0.05) is 81.4 Å². The quantitative estimate of drug-likeness (QED) is 0.436. The van der Waals surface area contributed by atoms with E-state index in [1.54, 1.807) is 0 Å². The molecule has 2 saturated heterocycles. The molecule has 0 N–H and O–H groups in total. The Kier molecular flexibility index (Phi) is 8.12. The second-order valence-corrected chi connectivity index (χ2v) is 12.0. The van der Waals surface area contributed by atoms with E-state index in [4.69, 9.17) is 4.98 Å². The first-order chi connectivity index (χ1) is 18.8. The molecular weight excluding hydrogens is 484 g/mol. The summed E-state index contributed by atoms with van der Waals surface area (Å²) < 4.78 is 0. The molecule has 2 fully saturated rings. The topological polar surface area (TPSA) is 56.8 Å². The summed E-state index contributed by atoms with van der Waals surface area (Å²) in [6, 6.07) is 24.5. The van der Waals surface area contributed by atoms with Gasteiger partial charge in [0, 0.05) is 68.4 Å².